The fourth-order valence-electron chi connectivity index (χ4n) is 1.77. The lowest BCUT2D eigenvalue weighted by atomic mass is 10.1. The first-order chi connectivity index (χ1) is 11.0. The Morgan fingerprint density at radius 1 is 1.08 bits per heavy atom. The first kappa shape index (κ1) is 18.2. The summed E-state index contributed by atoms with van der Waals surface area (Å²) in [5.74, 6) is -0.793. The number of carbonyl (C=O) groups excluding carboxylic acids is 1. The Kier molecular flexibility index (Phi) is 4.88. The van der Waals surface area contributed by atoms with Crippen LogP contribution in [0.4, 0.5) is 18.9 Å². The van der Waals surface area contributed by atoms with E-state index in [0.29, 0.717) is 0 Å². The minimum Gasteiger partial charge on any atom is -0.321 e. The van der Waals surface area contributed by atoms with E-state index in [-0.39, 0.29) is 16.3 Å². The van der Waals surface area contributed by atoms with Crippen molar-refractivity contribution in [2.24, 2.45) is 0 Å². The highest BCUT2D eigenvalue weighted by Gasteiger charge is 2.30. The zero-order valence-corrected chi connectivity index (χ0v) is 13.2. The molecule has 0 aliphatic rings. The molecule has 2 aromatic carbocycles. The molecule has 2 N–H and O–H groups in total. The normalized spacial score (nSPS) is 12.0. The topological polar surface area (TPSA) is 83.5 Å². The predicted octanol–water partition coefficient (Wildman–Crippen LogP) is 3.86. The van der Waals surface area contributed by atoms with Crippen LogP contribution in [0.1, 0.15) is 15.9 Å². The second-order valence-electron chi connectivity index (χ2n) is 4.65. The lowest BCUT2D eigenvalue weighted by Gasteiger charge is -2.10. The van der Waals surface area contributed by atoms with Gasteiger partial charge in [0.1, 0.15) is 0 Å². The van der Waals surface area contributed by atoms with Crippen molar-refractivity contribution >= 4 is 33.3 Å². The van der Waals surface area contributed by atoms with Crippen LogP contribution < -0.4 is 5.32 Å². The standard InChI is InChI=1S/C14H9ClF3NO4S/c15-11-6-5-10(24(21,22)23)7-12(11)19-13(20)8-1-3-9(4-2-8)14(16,17)18/h1-7H,(H,19,20)(H,21,22,23). The average molecular weight is 380 g/mol. The van der Waals surface area contributed by atoms with Crippen LogP contribution in [-0.2, 0) is 16.3 Å². The monoisotopic (exact) mass is 379 g/mol. The van der Waals surface area contributed by atoms with Crippen molar-refractivity contribution in [1.82, 2.24) is 0 Å². The molecule has 0 saturated carbocycles. The van der Waals surface area contributed by atoms with Crippen LogP contribution in [0.15, 0.2) is 47.4 Å². The molecular weight excluding hydrogens is 371 g/mol. The molecule has 2 rings (SSSR count). The summed E-state index contributed by atoms with van der Waals surface area (Å²) in [4.78, 5) is 11.5. The van der Waals surface area contributed by atoms with E-state index in [1.165, 1.54) is 0 Å². The maximum atomic E-state index is 12.5. The van der Waals surface area contributed by atoms with E-state index < -0.39 is 32.7 Å². The van der Waals surface area contributed by atoms with Gasteiger partial charge in [0.2, 0.25) is 0 Å². The van der Waals surface area contributed by atoms with Gasteiger partial charge in [-0.05, 0) is 42.5 Å². The molecule has 2 aromatic rings. The van der Waals surface area contributed by atoms with Crippen molar-refractivity contribution in [3.05, 3.63) is 58.6 Å². The highest BCUT2D eigenvalue weighted by molar-refractivity contribution is 7.85. The van der Waals surface area contributed by atoms with Crippen molar-refractivity contribution in [1.29, 1.82) is 0 Å². The van der Waals surface area contributed by atoms with Crippen molar-refractivity contribution in [3.8, 4) is 0 Å². The summed E-state index contributed by atoms with van der Waals surface area (Å²) >= 11 is 5.82. The molecule has 0 fully saturated rings. The van der Waals surface area contributed by atoms with Gasteiger partial charge in [-0.1, -0.05) is 11.6 Å². The molecule has 5 nitrogen and oxygen atoms in total. The number of rotatable bonds is 3. The Morgan fingerprint density at radius 3 is 2.17 bits per heavy atom. The first-order valence-corrected chi connectivity index (χ1v) is 8.06. The fraction of sp³-hybridized carbons (Fsp3) is 0.0714. The molecule has 0 bridgehead atoms. The molecule has 128 valence electrons. The molecule has 0 aromatic heterocycles. The minimum atomic E-state index is -4.53. The molecule has 0 saturated heterocycles. The zero-order chi connectivity index (χ0) is 18.1. The smallest absolute Gasteiger partial charge is 0.321 e. The maximum absolute atomic E-state index is 12.5. The Balaban J connectivity index is 2.27. The summed E-state index contributed by atoms with van der Waals surface area (Å²) in [6.45, 7) is 0. The summed E-state index contributed by atoms with van der Waals surface area (Å²) < 4.78 is 68.6. The van der Waals surface area contributed by atoms with Crippen LogP contribution in [-0.4, -0.2) is 18.9 Å². The number of amides is 1. The molecule has 1 amide bonds. The van der Waals surface area contributed by atoms with Gasteiger partial charge >= 0.3 is 6.18 Å². The van der Waals surface area contributed by atoms with Gasteiger partial charge in [-0.2, -0.15) is 21.6 Å². The minimum absolute atomic E-state index is 0.0114. The molecule has 0 unspecified atom stereocenters. The number of carbonyl (C=O) groups is 1. The van der Waals surface area contributed by atoms with Crippen molar-refractivity contribution < 1.29 is 30.9 Å². The van der Waals surface area contributed by atoms with Crippen LogP contribution in [0, 0.1) is 0 Å². The molecule has 24 heavy (non-hydrogen) atoms. The SMILES string of the molecule is O=C(Nc1cc(S(=O)(=O)O)ccc1Cl)c1ccc(C(F)(F)F)cc1. The summed E-state index contributed by atoms with van der Waals surface area (Å²) in [6.07, 6.45) is -4.53. The highest BCUT2D eigenvalue weighted by atomic mass is 35.5. The van der Waals surface area contributed by atoms with Gasteiger partial charge in [-0.25, -0.2) is 0 Å². The number of hydrogen-bond acceptors (Lipinski definition) is 3. The average Bonchev–Trinajstić information content (AvgIpc) is 2.47. The molecule has 0 atom stereocenters. The third-order valence-corrected chi connectivity index (χ3v) is 4.14. The number of hydrogen-bond donors (Lipinski definition) is 2. The summed E-state index contributed by atoms with van der Waals surface area (Å²) in [5, 5.41) is 2.26. The van der Waals surface area contributed by atoms with Crippen LogP contribution in [0.5, 0.6) is 0 Å². The van der Waals surface area contributed by atoms with Crippen molar-refractivity contribution in [2.45, 2.75) is 11.1 Å². The number of alkyl halides is 3. The molecule has 0 aliphatic heterocycles. The second-order valence-corrected chi connectivity index (χ2v) is 6.47. The number of nitrogens with one attached hydrogen (secondary N) is 1. The summed E-state index contributed by atoms with van der Waals surface area (Å²) in [5.41, 5.74) is -1.11. The van der Waals surface area contributed by atoms with Crippen LogP contribution in [0.2, 0.25) is 5.02 Å². The quantitative estimate of drug-likeness (QED) is 0.793. The van der Waals surface area contributed by atoms with Crippen LogP contribution in [0.3, 0.4) is 0 Å². The zero-order valence-electron chi connectivity index (χ0n) is 11.6. The lowest BCUT2D eigenvalue weighted by molar-refractivity contribution is -0.137. The van der Waals surface area contributed by atoms with Crippen LogP contribution in [0.25, 0.3) is 0 Å². The van der Waals surface area contributed by atoms with Gasteiger partial charge in [-0.15, -0.1) is 0 Å². The molecule has 0 radical (unpaired) electrons. The third kappa shape index (κ3) is 4.25. The number of halogens is 4. The number of anilines is 1. The third-order valence-electron chi connectivity index (χ3n) is 2.96. The Hall–Kier alpha value is -2.10. The lowest BCUT2D eigenvalue weighted by Crippen LogP contribution is -2.13. The number of benzene rings is 2. The largest absolute Gasteiger partial charge is 0.416 e. The fourth-order valence-corrected chi connectivity index (χ4v) is 2.44. The van der Waals surface area contributed by atoms with Gasteiger partial charge in [0.05, 0.1) is 21.2 Å². The maximum Gasteiger partial charge on any atom is 0.416 e. The Labute approximate surface area is 139 Å². The predicted molar refractivity (Wildman–Crippen MR) is 80.7 cm³/mol. The van der Waals surface area contributed by atoms with E-state index in [0.717, 1.165) is 42.5 Å². The molecule has 0 aliphatic carbocycles. The van der Waals surface area contributed by atoms with E-state index in [2.05, 4.69) is 5.32 Å². The molecule has 0 spiro atoms. The van der Waals surface area contributed by atoms with Crippen molar-refractivity contribution in [3.63, 3.8) is 0 Å². The molecule has 0 heterocycles. The van der Waals surface area contributed by atoms with E-state index in [9.17, 15) is 26.4 Å². The van der Waals surface area contributed by atoms with E-state index in [1.807, 2.05) is 0 Å². The van der Waals surface area contributed by atoms with Gasteiger partial charge in [0.25, 0.3) is 16.0 Å². The van der Waals surface area contributed by atoms with Gasteiger partial charge in [0, 0.05) is 5.56 Å². The Morgan fingerprint density at radius 2 is 1.67 bits per heavy atom. The Bertz CT molecular complexity index is 880. The summed E-state index contributed by atoms with van der Waals surface area (Å²) in [7, 11) is -4.50. The van der Waals surface area contributed by atoms with Crippen LogP contribution >= 0.6 is 11.6 Å². The van der Waals surface area contributed by atoms with E-state index in [4.69, 9.17) is 16.2 Å². The van der Waals surface area contributed by atoms with Crippen molar-refractivity contribution in [2.75, 3.05) is 5.32 Å². The molecular formula is C14H9ClF3NO4S. The van der Waals surface area contributed by atoms with E-state index in [1.54, 1.807) is 0 Å². The molecule has 10 heteroatoms. The second kappa shape index (κ2) is 6.42. The summed E-state index contributed by atoms with van der Waals surface area (Å²) in [6, 6.07) is 6.53. The highest BCUT2D eigenvalue weighted by Crippen LogP contribution is 2.29. The van der Waals surface area contributed by atoms with E-state index >= 15 is 0 Å². The first-order valence-electron chi connectivity index (χ1n) is 6.24. The van der Waals surface area contributed by atoms with Gasteiger partial charge < -0.3 is 5.32 Å². The van der Waals surface area contributed by atoms with Gasteiger partial charge in [0.15, 0.2) is 0 Å². The van der Waals surface area contributed by atoms with Gasteiger partial charge in [-0.3, -0.25) is 9.35 Å².